The number of aliphatic hydroxyl groups excluding tert-OH is 1. The number of nitrogens with zero attached hydrogens (tertiary/aromatic N) is 3. The number of benzene rings is 1. The maximum atomic E-state index is 8.86. The van der Waals surface area contributed by atoms with Gasteiger partial charge in [-0.2, -0.15) is 4.98 Å². The molecular weight excluding hydrogens is 388 g/mol. The lowest BCUT2D eigenvalue weighted by Crippen LogP contribution is -2.17. The van der Waals surface area contributed by atoms with Gasteiger partial charge < -0.3 is 34.8 Å². The lowest BCUT2D eigenvalue weighted by Gasteiger charge is -2.09. The first-order chi connectivity index (χ1) is 14.7. The van der Waals surface area contributed by atoms with Gasteiger partial charge in [0.25, 0.3) is 0 Å². The van der Waals surface area contributed by atoms with Crippen molar-refractivity contribution < 1.29 is 19.1 Å². The quantitative estimate of drug-likeness (QED) is 0.261. The number of hydrogen-bond donors (Lipinski definition) is 4. The molecule has 0 aliphatic carbocycles. The third-order valence-electron chi connectivity index (χ3n) is 4.01. The van der Waals surface area contributed by atoms with Crippen LogP contribution in [0.2, 0.25) is 0 Å². The van der Waals surface area contributed by atoms with Crippen molar-refractivity contribution >= 4 is 12.3 Å². The molecule has 0 radical (unpaired) electrons. The molecule has 0 unspecified atom stereocenters. The van der Waals surface area contributed by atoms with E-state index in [0.29, 0.717) is 49.6 Å². The minimum absolute atomic E-state index is 0.0341. The van der Waals surface area contributed by atoms with E-state index in [1.54, 1.807) is 25.5 Å². The number of aliphatic hydroxyl groups is 1. The van der Waals surface area contributed by atoms with Crippen molar-refractivity contribution in [1.29, 1.82) is 5.41 Å². The van der Waals surface area contributed by atoms with Crippen LogP contribution in [-0.4, -0.2) is 64.9 Å². The Bertz CT molecular complexity index is 981. The Morgan fingerprint density at radius 1 is 1.27 bits per heavy atom. The molecular formula is C20H24N6O4. The second-order valence-corrected chi connectivity index (χ2v) is 6.21. The van der Waals surface area contributed by atoms with E-state index < -0.39 is 0 Å². The molecule has 0 atom stereocenters. The molecule has 0 saturated carbocycles. The van der Waals surface area contributed by atoms with Crippen LogP contribution in [0.4, 0.5) is 0 Å². The smallest absolute Gasteiger partial charge is 0.240 e. The lowest BCUT2D eigenvalue weighted by atomic mass is 10.1. The average molecular weight is 412 g/mol. The van der Waals surface area contributed by atoms with Gasteiger partial charge in [-0.1, -0.05) is 5.16 Å². The van der Waals surface area contributed by atoms with E-state index >= 15 is 0 Å². The number of nitrogens with one attached hydrogen (secondary N) is 3. The predicted octanol–water partition coefficient (Wildman–Crippen LogP) is 1.90. The van der Waals surface area contributed by atoms with E-state index in [1.807, 2.05) is 18.2 Å². The first-order valence-electron chi connectivity index (χ1n) is 9.37. The zero-order valence-electron chi connectivity index (χ0n) is 16.6. The minimum Gasteiger partial charge on any atom is -0.491 e. The third kappa shape index (κ3) is 5.83. The zero-order valence-corrected chi connectivity index (χ0v) is 16.6. The van der Waals surface area contributed by atoms with Gasteiger partial charge in [-0.15, -0.1) is 0 Å². The Balaban J connectivity index is 1.89. The van der Waals surface area contributed by atoms with E-state index in [-0.39, 0.29) is 6.61 Å². The summed E-state index contributed by atoms with van der Waals surface area (Å²) in [6.45, 7) is 1.71. The van der Waals surface area contributed by atoms with Gasteiger partial charge in [0.2, 0.25) is 11.7 Å². The molecule has 0 aliphatic rings. The molecule has 10 nitrogen and oxygen atoms in total. The molecule has 0 aliphatic heterocycles. The first-order valence-corrected chi connectivity index (χ1v) is 9.37. The number of imidazole rings is 1. The SMILES string of the molecule is COCCOc1cc(-c2noc(CNCCO)n2)cc(-c2cnc(C=CC=N)[nH]2)c1. The van der Waals surface area contributed by atoms with Crippen molar-refractivity contribution in [2.75, 3.05) is 33.5 Å². The zero-order chi connectivity index (χ0) is 21.2. The van der Waals surface area contributed by atoms with Crippen molar-refractivity contribution in [3.05, 3.63) is 42.2 Å². The van der Waals surface area contributed by atoms with Crippen LogP contribution in [0.25, 0.3) is 28.7 Å². The van der Waals surface area contributed by atoms with Crippen molar-refractivity contribution in [1.82, 2.24) is 25.4 Å². The van der Waals surface area contributed by atoms with E-state index in [9.17, 15) is 0 Å². The van der Waals surface area contributed by atoms with Crippen LogP contribution in [0.1, 0.15) is 11.7 Å². The van der Waals surface area contributed by atoms with E-state index in [4.69, 9.17) is 24.5 Å². The van der Waals surface area contributed by atoms with Gasteiger partial charge in [0.15, 0.2) is 0 Å². The lowest BCUT2D eigenvalue weighted by molar-refractivity contribution is 0.146. The van der Waals surface area contributed by atoms with Crippen molar-refractivity contribution in [2.24, 2.45) is 0 Å². The molecule has 0 bridgehead atoms. The molecule has 3 rings (SSSR count). The van der Waals surface area contributed by atoms with Crippen molar-refractivity contribution in [3.63, 3.8) is 0 Å². The molecule has 0 fully saturated rings. The number of hydrogen-bond acceptors (Lipinski definition) is 9. The number of methoxy groups -OCH3 is 1. The van der Waals surface area contributed by atoms with Gasteiger partial charge in [0.1, 0.15) is 18.2 Å². The highest BCUT2D eigenvalue weighted by Crippen LogP contribution is 2.30. The molecule has 158 valence electrons. The minimum atomic E-state index is 0.0341. The first kappa shape index (κ1) is 21.4. The van der Waals surface area contributed by atoms with Gasteiger partial charge in [-0.25, -0.2) is 4.98 Å². The average Bonchev–Trinajstić information content (AvgIpc) is 3.42. The van der Waals surface area contributed by atoms with Crippen LogP contribution in [0, 0.1) is 5.41 Å². The fourth-order valence-electron chi connectivity index (χ4n) is 2.64. The molecule has 2 aromatic heterocycles. The maximum Gasteiger partial charge on any atom is 0.240 e. The van der Waals surface area contributed by atoms with Gasteiger partial charge in [0.05, 0.1) is 31.6 Å². The van der Waals surface area contributed by atoms with E-state index in [1.165, 1.54) is 6.21 Å². The van der Waals surface area contributed by atoms with Gasteiger partial charge in [-0.3, -0.25) is 0 Å². The van der Waals surface area contributed by atoms with Crippen LogP contribution < -0.4 is 10.1 Å². The fraction of sp³-hybridized carbons (Fsp3) is 0.300. The van der Waals surface area contributed by atoms with Gasteiger partial charge in [-0.05, 0) is 30.4 Å². The second kappa shape index (κ2) is 11.0. The maximum absolute atomic E-state index is 8.86. The summed E-state index contributed by atoms with van der Waals surface area (Å²) in [7, 11) is 1.62. The molecule has 0 saturated heterocycles. The number of H-pyrrole nitrogens is 1. The van der Waals surface area contributed by atoms with Crippen molar-refractivity contribution in [2.45, 2.75) is 6.54 Å². The molecule has 30 heavy (non-hydrogen) atoms. The Kier molecular flexibility index (Phi) is 7.84. The number of aromatic nitrogens is 4. The number of aromatic amines is 1. The molecule has 2 heterocycles. The standard InChI is InChI=1S/C20H24N6O4/c1-28-7-8-29-16-10-14(17-12-23-18(24-17)3-2-4-21)9-15(11-16)20-25-19(30-26-20)13-22-5-6-27/h2-4,9-12,21-22,27H,5-8,13H2,1H3,(H,23,24). The summed E-state index contributed by atoms with van der Waals surface area (Å²) >= 11 is 0. The Morgan fingerprint density at radius 2 is 2.13 bits per heavy atom. The summed E-state index contributed by atoms with van der Waals surface area (Å²) in [6, 6.07) is 5.64. The monoisotopic (exact) mass is 412 g/mol. The van der Waals surface area contributed by atoms with Crippen molar-refractivity contribution in [3.8, 4) is 28.4 Å². The highest BCUT2D eigenvalue weighted by Gasteiger charge is 2.13. The largest absolute Gasteiger partial charge is 0.491 e. The number of allylic oxidation sites excluding steroid dienone is 1. The molecule has 3 aromatic rings. The summed E-state index contributed by atoms with van der Waals surface area (Å²) in [6.07, 6.45) is 6.20. The van der Waals surface area contributed by atoms with E-state index in [0.717, 1.165) is 16.8 Å². The van der Waals surface area contributed by atoms with Gasteiger partial charge >= 0.3 is 0 Å². The van der Waals surface area contributed by atoms with Crippen LogP contribution in [0.3, 0.4) is 0 Å². The van der Waals surface area contributed by atoms with Crippen LogP contribution in [0.15, 0.2) is 35.0 Å². The Labute approximate surface area is 173 Å². The van der Waals surface area contributed by atoms with Crippen LogP contribution >= 0.6 is 0 Å². The van der Waals surface area contributed by atoms with Gasteiger partial charge in [0, 0.05) is 31.0 Å². The summed E-state index contributed by atoms with van der Waals surface area (Å²) in [4.78, 5) is 11.9. The molecule has 0 spiro atoms. The second-order valence-electron chi connectivity index (χ2n) is 6.21. The summed E-state index contributed by atoms with van der Waals surface area (Å²) in [5, 5.41) is 23.0. The third-order valence-corrected chi connectivity index (χ3v) is 4.01. The van der Waals surface area contributed by atoms with E-state index in [2.05, 4.69) is 25.4 Å². The highest BCUT2D eigenvalue weighted by atomic mass is 16.5. The molecule has 10 heteroatoms. The Hall–Kier alpha value is -3.34. The molecule has 1 aromatic carbocycles. The molecule has 0 amide bonds. The topological polar surface area (TPSA) is 142 Å². The normalized spacial score (nSPS) is 11.3. The summed E-state index contributed by atoms with van der Waals surface area (Å²) in [5.41, 5.74) is 2.35. The highest BCUT2D eigenvalue weighted by molar-refractivity contribution is 5.75. The van der Waals surface area contributed by atoms with Crippen LogP contribution in [-0.2, 0) is 11.3 Å². The number of ether oxygens (including phenoxy) is 2. The fourth-order valence-corrected chi connectivity index (χ4v) is 2.64. The molecule has 4 N–H and O–H groups in total. The summed E-state index contributed by atoms with van der Waals surface area (Å²) < 4.78 is 16.1. The number of rotatable bonds is 12. The predicted molar refractivity (Wildman–Crippen MR) is 111 cm³/mol. The Morgan fingerprint density at radius 3 is 2.93 bits per heavy atom. The van der Waals surface area contributed by atoms with Crippen LogP contribution in [0.5, 0.6) is 5.75 Å². The summed E-state index contributed by atoms with van der Waals surface area (Å²) in [5.74, 6) is 2.12.